The van der Waals surface area contributed by atoms with Crippen LogP contribution in [0.2, 0.25) is 5.02 Å². The highest BCUT2D eigenvalue weighted by Gasteiger charge is 2.23. The van der Waals surface area contributed by atoms with Crippen LogP contribution in [0.4, 0.5) is 11.6 Å². The van der Waals surface area contributed by atoms with E-state index in [0.717, 1.165) is 0 Å². The van der Waals surface area contributed by atoms with Crippen LogP contribution in [0.5, 0.6) is 0 Å². The van der Waals surface area contributed by atoms with Crippen molar-refractivity contribution in [2.45, 2.75) is 26.3 Å². The van der Waals surface area contributed by atoms with Gasteiger partial charge in [-0.2, -0.15) is 0 Å². The number of rotatable bonds is 4. The van der Waals surface area contributed by atoms with Crippen molar-refractivity contribution in [3.8, 4) is 0 Å². The van der Waals surface area contributed by atoms with Crippen molar-refractivity contribution in [2.75, 3.05) is 18.1 Å². The molecule has 1 aromatic carbocycles. The molecule has 8 nitrogen and oxygen atoms in total. The van der Waals surface area contributed by atoms with E-state index in [9.17, 15) is 4.79 Å². The Hall–Kier alpha value is -3.13. The lowest BCUT2D eigenvalue weighted by Gasteiger charge is -2.23. The highest BCUT2D eigenvalue weighted by atomic mass is 35.5. The number of fused-ring (bicyclic) bond motifs is 1. The van der Waals surface area contributed by atoms with Gasteiger partial charge in [0, 0.05) is 29.1 Å². The minimum Gasteiger partial charge on any atom is -0.383 e. The van der Waals surface area contributed by atoms with Gasteiger partial charge >= 0.3 is 0 Å². The summed E-state index contributed by atoms with van der Waals surface area (Å²) in [4.78, 5) is 23.3. The molecular weight excluding hydrogens is 378 g/mol. The smallest absolute Gasteiger partial charge is 0.251 e. The van der Waals surface area contributed by atoms with E-state index in [0.29, 0.717) is 38.6 Å². The SMILES string of the molecule is CNC(=O)c1ccc2c(Cl)c(C(=N)c3c(N)ncnc3NC(C)(C)C)[nH]c2c1. The zero-order chi connectivity index (χ0) is 20.6. The fourth-order valence-electron chi connectivity index (χ4n) is 2.84. The molecule has 0 spiro atoms. The summed E-state index contributed by atoms with van der Waals surface area (Å²) in [5.74, 6) is 0.417. The van der Waals surface area contributed by atoms with E-state index >= 15 is 0 Å². The molecule has 1 amide bonds. The molecule has 6 N–H and O–H groups in total. The van der Waals surface area contributed by atoms with Gasteiger partial charge in [0.25, 0.3) is 5.91 Å². The quantitative estimate of drug-likeness (QED) is 0.430. The maximum atomic E-state index is 11.9. The predicted molar refractivity (Wildman–Crippen MR) is 112 cm³/mol. The Balaban J connectivity index is 2.12. The van der Waals surface area contributed by atoms with Crippen molar-refractivity contribution in [3.63, 3.8) is 0 Å². The number of nitrogens with zero attached hydrogens (tertiary/aromatic N) is 2. The molecule has 0 aliphatic carbocycles. The molecule has 2 heterocycles. The van der Waals surface area contributed by atoms with Gasteiger partial charge in [-0.25, -0.2) is 9.97 Å². The molecule has 0 bridgehead atoms. The predicted octanol–water partition coefficient (Wildman–Crippen LogP) is 3.18. The first-order chi connectivity index (χ1) is 13.1. The van der Waals surface area contributed by atoms with Gasteiger partial charge in [0.2, 0.25) is 0 Å². The van der Waals surface area contributed by atoms with Gasteiger partial charge in [-0.3, -0.25) is 10.2 Å². The second-order valence-corrected chi connectivity index (χ2v) is 7.76. The molecule has 0 aliphatic rings. The molecule has 0 unspecified atom stereocenters. The molecule has 0 aliphatic heterocycles. The van der Waals surface area contributed by atoms with E-state index < -0.39 is 0 Å². The standard InChI is InChI=1S/C19H22ClN7O/c1-19(2,3)27-17-12(16(22)24-8-25-17)14(21)15-13(20)10-6-5-9(18(28)23-4)7-11(10)26-15/h5-8,21,26H,1-4H3,(H,23,28)(H3,22,24,25,27). The van der Waals surface area contributed by atoms with Crippen LogP contribution in [0.1, 0.15) is 42.4 Å². The lowest BCUT2D eigenvalue weighted by atomic mass is 10.1. The van der Waals surface area contributed by atoms with Gasteiger partial charge in [-0.05, 0) is 32.9 Å². The van der Waals surface area contributed by atoms with E-state index in [1.165, 1.54) is 6.33 Å². The van der Waals surface area contributed by atoms with Crippen molar-refractivity contribution in [1.29, 1.82) is 5.41 Å². The average molecular weight is 400 g/mol. The number of H-pyrrole nitrogens is 1. The largest absolute Gasteiger partial charge is 0.383 e. The second-order valence-electron chi connectivity index (χ2n) is 7.39. The Morgan fingerprint density at radius 3 is 2.64 bits per heavy atom. The molecule has 3 aromatic rings. The van der Waals surface area contributed by atoms with Crippen LogP contribution in [-0.2, 0) is 0 Å². The highest BCUT2D eigenvalue weighted by molar-refractivity contribution is 6.40. The third kappa shape index (κ3) is 3.63. The zero-order valence-electron chi connectivity index (χ0n) is 16.1. The van der Waals surface area contributed by atoms with E-state index in [2.05, 4.69) is 25.6 Å². The van der Waals surface area contributed by atoms with Crippen LogP contribution in [-0.4, -0.2) is 39.2 Å². The van der Waals surface area contributed by atoms with E-state index in [-0.39, 0.29) is 23.0 Å². The zero-order valence-corrected chi connectivity index (χ0v) is 16.8. The first-order valence-electron chi connectivity index (χ1n) is 8.63. The van der Waals surface area contributed by atoms with Crippen molar-refractivity contribution >= 4 is 45.8 Å². The number of aromatic nitrogens is 3. The summed E-state index contributed by atoms with van der Waals surface area (Å²) >= 11 is 6.53. The van der Waals surface area contributed by atoms with Gasteiger partial charge in [-0.15, -0.1) is 0 Å². The van der Waals surface area contributed by atoms with Crippen LogP contribution in [0.3, 0.4) is 0 Å². The van der Waals surface area contributed by atoms with E-state index in [1.807, 2.05) is 20.8 Å². The summed E-state index contributed by atoms with van der Waals surface area (Å²) in [6.07, 6.45) is 1.35. The summed E-state index contributed by atoms with van der Waals surface area (Å²) in [5, 5.41) is 15.6. The van der Waals surface area contributed by atoms with Gasteiger partial charge in [-0.1, -0.05) is 17.7 Å². The first-order valence-corrected chi connectivity index (χ1v) is 9.01. The first kappa shape index (κ1) is 19.6. The minimum atomic E-state index is -0.289. The molecule has 0 radical (unpaired) electrons. The Bertz CT molecular complexity index is 1080. The topological polar surface area (TPSA) is 133 Å². The number of hydrogen-bond donors (Lipinski definition) is 5. The van der Waals surface area contributed by atoms with Gasteiger partial charge in [0.1, 0.15) is 18.0 Å². The maximum Gasteiger partial charge on any atom is 0.251 e. The summed E-state index contributed by atoms with van der Waals surface area (Å²) in [6, 6.07) is 5.12. The van der Waals surface area contributed by atoms with Crippen LogP contribution < -0.4 is 16.4 Å². The summed E-state index contributed by atoms with van der Waals surface area (Å²) < 4.78 is 0. The van der Waals surface area contributed by atoms with Gasteiger partial charge in [0.15, 0.2) is 0 Å². The summed E-state index contributed by atoms with van der Waals surface area (Å²) in [6.45, 7) is 5.94. The molecule has 9 heteroatoms. The van der Waals surface area contributed by atoms with Crippen molar-refractivity contribution in [1.82, 2.24) is 20.3 Å². The van der Waals surface area contributed by atoms with E-state index in [4.69, 9.17) is 22.7 Å². The fraction of sp³-hybridized carbons (Fsp3) is 0.263. The van der Waals surface area contributed by atoms with Gasteiger partial charge in [0.05, 0.1) is 22.0 Å². The number of carbonyl (C=O) groups excluding carboxylic acids is 1. The highest BCUT2D eigenvalue weighted by Crippen LogP contribution is 2.32. The molecular formula is C19H22ClN7O. The van der Waals surface area contributed by atoms with Crippen molar-refractivity contribution in [3.05, 3.63) is 46.4 Å². The molecule has 2 aromatic heterocycles. The third-order valence-corrected chi connectivity index (χ3v) is 4.49. The number of benzene rings is 1. The molecule has 0 atom stereocenters. The number of nitrogen functional groups attached to an aromatic ring is 1. The van der Waals surface area contributed by atoms with Crippen molar-refractivity contribution in [2.24, 2.45) is 0 Å². The lowest BCUT2D eigenvalue weighted by molar-refractivity contribution is 0.0963. The Kier molecular flexibility index (Phi) is 4.99. The molecule has 0 saturated carbocycles. The maximum absolute atomic E-state index is 11.9. The second kappa shape index (κ2) is 7.12. The lowest BCUT2D eigenvalue weighted by Crippen LogP contribution is -2.28. The van der Waals surface area contributed by atoms with Crippen LogP contribution >= 0.6 is 11.6 Å². The molecule has 28 heavy (non-hydrogen) atoms. The summed E-state index contributed by atoms with van der Waals surface area (Å²) in [7, 11) is 1.57. The molecule has 0 saturated heterocycles. The Morgan fingerprint density at radius 2 is 2.00 bits per heavy atom. The van der Waals surface area contributed by atoms with Gasteiger partial charge < -0.3 is 21.4 Å². The Labute approximate surface area is 167 Å². The number of hydrogen-bond acceptors (Lipinski definition) is 6. The van der Waals surface area contributed by atoms with Crippen LogP contribution in [0.15, 0.2) is 24.5 Å². The normalized spacial score (nSPS) is 11.5. The Morgan fingerprint density at radius 1 is 1.29 bits per heavy atom. The number of amides is 1. The van der Waals surface area contributed by atoms with E-state index in [1.54, 1.807) is 25.2 Å². The van der Waals surface area contributed by atoms with Crippen LogP contribution in [0.25, 0.3) is 10.9 Å². The summed E-state index contributed by atoms with van der Waals surface area (Å²) in [5.41, 5.74) is 7.71. The average Bonchev–Trinajstić information content (AvgIpc) is 2.95. The number of nitrogens with two attached hydrogens (primary N) is 1. The van der Waals surface area contributed by atoms with Crippen molar-refractivity contribution < 1.29 is 4.79 Å². The number of carbonyl (C=O) groups is 1. The number of anilines is 2. The third-order valence-electron chi connectivity index (χ3n) is 4.09. The number of nitrogens with one attached hydrogen (secondary N) is 4. The monoisotopic (exact) mass is 399 g/mol. The molecule has 0 fully saturated rings. The minimum absolute atomic E-state index is 0.0625. The molecule has 146 valence electrons. The number of halogens is 1. The number of aromatic amines is 1. The fourth-order valence-corrected chi connectivity index (χ4v) is 3.15. The van der Waals surface area contributed by atoms with Crippen LogP contribution in [0, 0.1) is 5.41 Å². The molecule has 3 rings (SSSR count).